The van der Waals surface area contributed by atoms with Gasteiger partial charge in [0.25, 0.3) is 0 Å². The van der Waals surface area contributed by atoms with E-state index in [1.54, 1.807) is 0 Å². The predicted octanol–water partition coefficient (Wildman–Crippen LogP) is 1.07. The molecule has 0 bridgehead atoms. The van der Waals surface area contributed by atoms with Crippen molar-refractivity contribution < 1.29 is 14.6 Å². The molecule has 0 aromatic carbocycles. The standard InChI is InChI=1S/C10H16O3/c1-10(2)12-6-7-8(11)4-3-5-9(7)13-10/h3-4,7-9,11H,5-6H2,1-2H3/t7-,8+,9-/m0/s1. The highest BCUT2D eigenvalue weighted by molar-refractivity contribution is 5.03. The van der Waals surface area contributed by atoms with Crippen LogP contribution in [-0.2, 0) is 9.47 Å². The molecule has 0 unspecified atom stereocenters. The van der Waals surface area contributed by atoms with Crippen molar-refractivity contribution in [1.29, 1.82) is 0 Å². The first-order valence-corrected chi connectivity index (χ1v) is 4.75. The maximum Gasteiger partial charge on any atom is 0.163 e. The number of rotatable bonds is 0. The Balaban J connectivity index is 2.10. The van der Waals surface area contributed by atoms with Crippen molar-refractivity contribution in [3.8, 4) is 0 Å². The van der Waals surface area contributed by atoms with Gasteiger partial charge in [0.05, 0.1) is 18.8 Å². The van der Waals surface area contributed by atoms with Gasteiger partial charge < -0.3 is 14.6 Å². The Kier molecular flexibility index (Phi) is 2.18. The topological polar surface area (TPSA) is 38.7 Å². The van der Waals surface area contributed by atoms with E-state index in [1.165, 1.54) is 0 Å². The fourth-order valence-corrected chi connectivity index (χ4v) is 1.93. The van der Waals surface area contributed by atoms with Crippen molar-refractivity contribution in [2.75, 3.05) is 6.61 Å². The van der Waals surface area contributed by atoms with Crippen LogP contribution < -0.4 is 0 Å². The zero-order valence-electron chi connectivity index (χ0n) is 8.06. The summed E-state index contributed by atoms with van der Waals surface area (Å²) in [6, 6.07) is 0. The lowest BCUT2D eigenvalue weighted by Gasteiger charge is -2.43. The number of ether oxygens (including phenoxy) is 2. The average molecular weight is 184 g/mol. The third kappa shape index (κ3) is 1.77. The minimum Gasteiger partial charge on any atom is -0.389 e. The highest BCUT2D eigenvalue weighted by Crippen LogP contribution is 2.32. The molecule has 74 valence electrons. The molecule has 0 amide bonds. The molecule has 0 aromatic heterocycles. The van der Waals surface area contributed by atoms with E-state index in [-0.39, 0.29) is 12.0 Å². The highest BCUT2D eigenvalue weighted by Gasteiger charge is 2.40. The van der Waals surface area contributed by atoms with Crippen molar-refractivity contribution in [2.45, 2.75) is 38.3 Å². The van der Waals surface area contributed by atoms with Gasteiger partial charge in [-0.1, -0.05) is 12.2 Å². The van der Waals surface area contributed by atoms with Gasteiger partial charge >= 0.3 is 0 Å². The Hall–Kier alpha value is -0.380. The highest BCUT2D eigenvalue weighted by atomic mass is 16.7. The summed E-state index contributed by atoms with van der Waals surface area (Å²) in [7, 11) is 0. The van der Waals surface area contributed by atoms with Crippen LogP contribution in [0.4, 0.5) is 0 Å². The number of hydrogen-bond acceptors (Lipinski definition) is 3. The van der Waals surface area contributed by atoms with Crippen molar-refractivity contribution >= 4 is 0 Å². The molecule has 2 aliphatic rings. The molecule has 1 aliphatic heterocycles. The number of aliphatic hydroxyl groups is 1. The zero-order chi connectivity index (χ0) is 9.47. The molecule has 0 radical (unpaired) electrons. The summed E-state index contributed by atoms with van der Waals surface area (Å²) in [4.78, 5) is 0. The van der Waals surface area contributed by atoms with Crippen molar-refractivity contribution in [1.82, 2.24) is 0 Å². The summed E-state index contributed by atoms with van der Waals surface area (Å²) < 4.78 is 11.2. The van der Waals surface area contributed by atoms with Crippen LogP contribution >= 0.6 is 0 Å². The van der Waals surface area contributed by atoms with Gasteiger partial charge in [-0.3, -0.25) is 0 Å². The van der Waals surface area contributed by atoms with E-state index in [1.807, 2.05) is 26.0 Å². The van der Waals surface area contributed by atoms with E-state index in [0.717, 1.165) is 6.42 Å². The fraction of sp³-hybridized carbons (Fsp3) is 0.800. The van der Waals surface area contributed by atoms with Gasteiger partial charge in [0.2, 0.25) is 0 Å². The predicted molar refractivity (Wildman–Crippen MR) is 48.2 cm³/mol. The second kappa shape index (κ2) is 3.08. The lowest BCUT2D eigenvalue weighted by atomic mass is 9.88. The molecule has 3 nitrogen and oxygen atoms in total. The molecule has 2 rings (SSSR count). The summed E-state index contributed by atoms with van der Waals surface area (Å²) >= 11 is 0. The van der Waals surface area contributed by atoms with E-state index in [4.69, 9.17) is 9.47 Å². The van der Waals surface area contributed by atoms with Crippen LogP contribution in [0, 0.1) is 5.92 Å². The van der Waals surface area contributed by atoms with E-state index < -0.39 is 11.9 Å². The van der Waals surface area contributed by atoms with Crippen LogP contribution in [0.15, 0.2) is 12.2 Å². The van der Waals surface area contributed by atoms with Crippen LogP contribution in [-0.4, -0.2) is 29.7 Å². The monoisotopic (exact) mass is 184 g/mol. The van der Waals surface area contributed by atoms with E-state index in [9.17, 15) is 5.11 Å². The number of aliphatic hydroxyl groups excluding tert-OH is 1. The maximum atomic E-state index is 9.63. The van der Waals surface area contributed by atoms with Crippen molar-refractivity contribution in [3.05, 3.63) is 12.2 Å². The first-order chi connectivity index (χ1) is 6.08. The lowest BCUT2D eigenvalue weighted by molar-refractivity contribution is -0.300. The minimum atomic E-state index is -0.494. The Morgan fingerprint density at radius 3 is 3.00 bits per heavy atom. The zero-order valence-corrected chi connectivity index (χ0v) is 8.06. The van der Waals surface area contributed by atoms with Gasteiger partial charge in [-0.2, -0.15) is 0 Å². The fourth-order valence-electron chi connectivity index (χ4n) is 1.93. The van der Waals surface area contributed by atoms with E-state index >= 15 is 0 Å². The number of hydrogen-bond donors (Lipinski definition) is 1. The summed E-state index contributed by atoms with van der Waals surface area (Å²) in [6.07, 6.45) is 4.40. The molecule has 13 heavy (non-hydrogen) atoms. The molecule has 1 heterocycles. The molecule has 0 aromatic rings. The van der Waals surface area contributed by atoms with Crippen LogP contribution in [0.3, 0.4) is 0 Å². The lowest BCUT2D eigenvalue weighted by Crippen LogP contribution is -2.50. The van der Waals surface area contributed by atoms with Crippen LogP contribution in [0.5, 0.6) is 0 Å². The number of fused-ring (bicyclic) bond motifs is 1. The Bertz CT molecular complexity index is 222. The molecule has 1 fully saturated rings. The van der Waals surface area contributed by atoms with E-state index in [2.05, 4.69) is 0 Å². The van der Waals surface area contributed by atoms with Gasteiger partial charge in [0.15, 0.2) is 5.79 Å². The smallest absolute Gasteiger partial charge is 0.163 e. The van der Waals surface area contributed by atoms with Crippen LogP contribution in [0.2, 0.25) is 0 Å². The normalized spacial score (nSPS) is 42.8. The second-order valence-electron chi connectivity index (χ2n) is 4.19. The van der Waals surface area contributed by atoms with Gasteiger partial charge in [-0.25, -0.2) is 0 Å². The Morgan fingerprint density at radius 1 is 1.46 bits per heavy atom. The average Bonchev–Trinajstić information content (AvgIpc) is 2.02. The molecular formula is C10H16O3. The Morgan fingerprint density at radius 2 is 2.23 bits per heavy atom. The molecule has 0 spiro atoms. The van der Waals surface area contributed by atoms with Gasteiger partial charge in [-0.15, -0.1) is 0 Å². The first kappa shape index (κ1) is 9.19. The van der Waals surface area contributed by atoms with Gasteiger partial charge in [-0.05, 0) is 20.3 Å². The van der Waals surface area contributed by atoms with Crippen LogP contribution in [0.1, 0.15) is 20.3 Å². The minimum absolute atomic E-state index is 0.109. The SMILES string of the molecule is CC1(C)OC[C@H]2[C@H](O)C=CC[C@@H]2O1. The van der Waals surface area contributed by atoms with Crippen molar-refractivity contribution in [3.63, 3.8) is 0 Å². The summed E-state index contributed by atoms with van der Waals surface area (Å²) in [5.74, 6) is -0.385. The second-order valence-corrected chi connectivity index (χ2v) is 4.19. The molecule has 3 heteroatoms. The van der Waals surface area contributed by atoms with Crippen molar-refractivity contribution in [2.24, 2.45) is 5.92 Å². The molecule has 3 atom stereocenters. The summed E-state index contributed by atoms with van der Waals surface area (Å²) in [6.45, 7) is 4.41. The van der Waals surface area contributed by atoms with E-state index in [0.29, 0.717) is 6.61 Å². The van der Waals surface area contributed by atoms with Crippen LogP contribution in [0.25, 0.3) is 0 Å². The van der Waals surface area contributed by atoms with Gasteiger partial charge in [0, 0.05) is 5.92 Å². The Labute approximate surface area is 78.3 Å². The third-order valence-electron chi connectivity index (χ3n) is 2.68. The summed E-state index contributed by atoms with van der Waals surface area (Å²) in [5.41, 5.74) is 0. The quantitative estimate of drug-likeness (QED) is 0.572. The maximum absolute atomic E-state index is 9.63. The molecule has 1 aliphatic carbocycles. The molecule has 0 saturated carbocycles. The summed E-state index contributed by atoms with van der Waals surface area (Å²) in [5, 5.41) is 9.63. The molecular weight excluding hydrogens is 168 g/mol. The first-order valence-electron chi connectivity index (χ1n) is 4.75. The molecule has 1 N–H and O–H groups in total. The largest absolute Gasteiger partial charge is 0.389 e. The molecule has 1 saturated heterocycles. The van der Waals surface area contributed by atoms with Gasteiger partial charge in [0.1, 0.15) is 0 Å². The third-order valence-corrected chi connectivity index (χ3v) is 2.68.